The van der Waals surface area contributed by atoms with Crippen LogP contribution in [0.1, 0.15) is 57.0 Å². The maximum absolute atomic E-state index is 13.1. The van der Waals surface area contributed by atoms with Gasteiger partial charge in [0.2, 0.25) is 0 Å². The molecule has 1 atom stereocenters. The molecule has 2 rings (SSSR count). The zero-order valence-electron chi connectivity index (χ0n) is 17.4. The summed E-state index contributed by atoms with van der Waals surface area (Å²) in [6.45, 7) is 10.1. The predicted octanol–water partition coefficient (Wildman–Crippen LogP) is 5.47. The molecule has 2 aromatic rings. The highest BCUT2D eigenvalue weighted by molar-refractivity contribution is 5.95. The van der Waals surface area contributed by atoms with E-state index >= 15 is 0 Å². The third kappa shape index (κ3) is 6.41. The summed E-state index contributed by atoms with van der Waals surface area (Å²) >= 11 is 0. The molecule has 0 aromatic heterocycles. The van der Waals surface area contributed by atoms with Crippen molar-refractivity contribution in [2.24, 2.45) is 0 Å². The lowest BCUT2D eigenvalue weighted by Crippen LogP contribution is -2.37. The minimum absolute atomic E-state index is 0.0259. The van der Waals surface area contributed by atoms with Crippen molar-refractivity contribution in [3.63, 3.8) is 0 Å². The minimum atomic E-state index is -0.561. The van der Waals surface area contributed by atoms with Gasteiger partial charge in [0.15, 0.2) is 0 Å². The molecule has 1 unspecified atom stereocenters. The first kappa shape index (κ1) is 21.5. The summed E-state index contributed by atoms with van der Waals surface area (Å²) in [6.07, 6.45) is 0.355. The first-order valence-corrected chi connectivity index (χ1v) is 9.64. The van der Waals surface area contributed by atoms with E-state index in [-0.39, 0.29) is 11.9 Å². The molecule has 0 saturated heterocycles. The Bertz CT molecular complexity index is 780. The number of carbonyl (C=O) groups is 2. The first-order valence-electron chi connectivity index (χ1n) is 9.64. The summed E-state index contributed by atoms with van der Waals surface area (Å²) in [5.41, 5.74) is 1.71. The second-order valence-electron chi connectivity index (χ2n) is 7.88. The standard InChI is InChI=1S/C23H30N2O3/c1-6-17(2)25(16-18-10-8-7-9-11-18)21(26)19-12-14-20(15-13-19)24-22(27)28-23(3,4)5/h7-15,17H,6,16H2,1-5H3,(H,24,27). The molecule has 2 amide bonds. The van der Waals surface area contributed by atoms with Gasteiger partial charge in [0.05, 0.1) is 0 Å². The van der Waals surface area contributed by atoms with E-state index in [0.29, 0.717) is 17.8 Å². The van der Waals surface area contributed by atoms with Crippen molar-refractivity contribution >= 4 is 17.7 Å². The Kier molecular flexibility index (Phi) is 7.21. The Morgan fingerprint density at radius 2 is 1.64 bits per heavy atom. The molecule has 0 saturated carbocycles. The molecule has 5 nitrogen and oxygen atoms in total. The number of nitrogens with zero attached hydrogens (tertiary/aromatic N) is 1. The molecule has 0 bridgehead atoms. The third-order valence-corrected chi connectivity index (χ3v) is 4.36. The molecule has 0 heterocycles. The van der Waals surface area contributed by atoms with Crippen LogP contribution in [0.4, 0.5) is 10.5 Å². The van der Waals surface area contributed by atoms with Crippen LogP contribution in [0.3, 0.4) is 0 Å². The number of benzene rings is 2. The Morgan fingerprint density at radius 3 is 2.18 bits per heavy atom. The fourth-order valence-electron chi connectivity index (χ4n) is 2.71. The molecule has 2 aromatic carbocycles. The van der Waals surface area contributed by atoms with E-state index in [1.807, 2.05) is 56.0 Å². The van der Waals surface area contributed by atoms with E-state index in [0.717, 1.165) is 12.0 Å². The van der Waals surface area contributed by atoms with Crippen molar-refractivity contribution in [2.75, 3.05) is 5.32 Å². The average Bonchev–Trinajstić information content (AvgIpc) is 2.65. The fourth-order valence-corrected chi connectivity index (χ4v) is 2.71. The van der Waals surface area contributed by atoms with Gasteiger partial charge in [-0.25, -0.2) is 4.79 Å². The summed E-state index contributed by atoms with van der Waals surface area (Å²) < 4.78 is 5.24. The number of amides is 2. The maximum atomic E-state index is 13.1. The number of rotatable bonds is 6. The van der Waals surface area contributed by atoms with Crippen molar-refractivity contribution in [3.8, 4) is 0 Å². The second-order valence-corrected chi connectivity index (χ2v) is 7.88. The summed E-state index contributed by atoms with van der Waals surface area (Å²) in [6, 6.07) is 17.0. The third-order valence-electron chi connectivity index (χ3n) is 4.36. The van der Waals surface area contributed by atoms with Gasteiger partial charge in [0.25, 0.3) is 5.91 Å². The first-order chi connectivity index (χ1) is 13.2. The lowest BCUT2D eigenvalue weighted by molar-refractivity contribution is 0.0634. The van der Waals surface area contributed by atoms with Crippen LogP contribution in [0.25, 0.3) is 0 Å². The smallest absolute Gasteiger partial charge is 0.412 e. The van der Waals surface area contributed by atoms with E-state index < -0.39 is 11.7 Å². The molecule has 0 fully saturated rings. The number of hydrogen-bond donors (Lipinski definition) is 1. The van der Waals surface area contributed by atoms with Crippen LogP contribution in [0, 0.1) is 0 Å². The molecule has 0 aliphatic carbocycles. The van der Waals surface area contributed by atoms with Gasteiger partial charge in [-0.1, -0.05) is 37.3 Å². The van der Waals surface area contributed by atoms with Gasteiger partial charge in [0.1, 0.15) is 5.60 Å². The number of ether oxygens (including phenoxy) is 1. The summed E-state index contributed by atoms with van der Waals surface area (Å²) in [7, 11) is 0. The number of hydrogen-bond acceptors (Lipinski definition) is 3. The largest absolute Gasteiger partial charge is 0.444 e. The predicted molar refractivity (Wildman–Crippen MR) is 112 cm³/mol. The summed E-state index contributed by atoms with van der Waals surface area (Å²) in [4.78, 5) is 26.8. The fraction of sp³-hybridized carbons (Fsp3) is 0.391. The maximum Gasteiger partial charge on any atom is 0.412 e. The number of carbonyl (C=O) groups excluding carboxylic acids is 2. The average molecular weight is 383 g/mol. The molecular formula is C23H30N2O3. The van der Waals surface area contributed by atoms with E-state index in [4.69, 9.17) is 4.74 Å². The number of anilines is 1. The zero-order valence-corrected chi connectivity index (χ0v) is 17.4. The van der Waals surface area contributed by atoms with Crippen molar-refractivity contribution < 1.29 is 14.3 Å². The Hall–Kier alpha value is -2.82. The van der Waals surface area contributed by atoms with Gasteiger partial charge in [-0.15, -0.1) is 0 Å². The SMILES string of the molecule is CCC(C)N(Cc1ccccc1)C(=O)c1ccc(NC(=O)OC(C)(C)C)cc1. The van der Waals surface area contributed by atoms with Crippen LogP contribution in [-0.4, -0.2) is 28.5 Å². The second kappa shape index (κ2) is 9.40. The van der Waals surface area contributed by atoms with Crippen LogP contribution in [-0.2, 0) is 11.3 Å². The normalized spacial score (nSPS) is 12.2. The lowest BCUT2D eigenvalue weighted by atomic mass is 10.1. The Labute approximate surface area is 167 Å². The Morgan fingerprint density at radius 1 is 1.04 bits per heavy atom. The van der Waals surface area contributed by atoms with E-state index in [1.165, 1.54) is 0 Å². The van der Waals surface area contributed by atoms with E-state index in [2.05, 4.69) is 19.2 Å². The van der Waals surface area contributed by atoms with Gasteiger partial charge < -0.3 is 9.64 Å². The van der Waals surface area contributed by atoms with Gasteiger partial charge in [-0.3, -0.25) is 10.1 Å². The molecule has 1 N–H and O–H groups in total. The topological polar surface area (TPSA) is 58.6 Å². The molecule has 5 heteroatoms. The lowest BCUT2D eigenvalue weighted by Gasteiger charge is -2.29. The van der Waals surface area contributed by atoms with Crippen LogP contribution < -0.4 is 5.32 Å². The highest BCUT2D eigenvalue weighted by Crippen LogP contribution is 2.18. The van der Waals surface area contributed by atoms with Gasteiger partial charge in [-0.2, -0.15) is 0 Å². The van der Waals surface area contributed by atoms with Crippen molar-refractivity contribution in [2.45, 2.75) is 59.2 Å². The monoisotopic (exact) mass is 382 g/mol. The van der Waals surface area contributed by atoms with E-state index in [9.17, 15) is 9.59 Å². The van der Waals surface area contributed by atoms with Crippen LogP contribution in [0.5, 0.6) is 0 Å². The van der Waals surface area contributed by atoms with Gasteiger partial charge >= 0.3 is 6.09 Å². The van der Waals surface area contributed by atoms with Crippen molar-refractivity contribution in [1.82, 2.24) is 4.90 Å². The zero-order chi connectivity index (χ0) is 20.7. The summed E-state index contributed by atoms with van der Waals surface area (Å²) in [5, 5.41) is 2.68. The molecular weight excluding hydrogens is 352 g/mol. The van der Waals surface area contributed by atoms with Crippen LogP contribution >= 0.6 is 0 Å². The summed E-state index contributed by atoms with van der Waals surface area (Å²) in [5.74, 6) is -0.0259. The van der Waals surface area contributed by atoms with Crippen LogP contribution in [0.15, 0.2) is 54.6 Å². The van der Waals surface area contributed by atoms with Gasteiger partial charge in [-0.05, 0) is 63.9 Å². The highest BCUT2D eigenvalue weighted by Gasteiger charge is 2.21. The highest BCUT2D eigenvalue weighted by atomic mass is 16.6. The van der Waals surface area contributed by atoms with Crippen molar-refractivity contribution in [1.29, 1.82) is 0 Å². The molecule has 0 aliphatic rings. The molecule has 28 heavy (non-hydrogen) atoms. The molecule has 0 spiro atoms. The Balaban J connectivity index is 2.11. The molecule has 0 radical (unpaired) electrons. The molecule has 0 aliphatic heterocycles. The van der Waals surface area contributed by atoms with Gasteiger partial charge in [0, 0.05) is 23.8 Å². The van der Waals surface area contributed by atoms with E-state index in [1.54, 1.807) is 24.3 Å². The number of nitrogens with one attached hydrogen (secondary N) is 1. The van der Waals surface area contributed by atoms with Crippen LogP contribution in [0.2, 0.25) is 0 Å². The van der Waals surface area contributed by atoms with Crippen molar-refractivity contribution in [3.05, 3.63) is 65.7 Å². The minimum Gasteiger partial charge on any atom is -0.444 e. The molecule has 150 valence electrons. The quantitative estimate of drug-likeness (QED) is 0.720.